The Hall–Kier alpha value is -0.530. The summed E-state index contributed by atoms with van der Waals surface area (Å²) in [4.78, 5) is 10.8. The first kappa shape index (κ1) is 10.5. The number of hydrogen-bond acceptors (Lipinski definition) is 2. The number of carbonyl (C=O) groups excluding carboxylic acids is 1. The average Bonchev–Trinajstić information content (AvgIpc) is 1.99. The van der Waals surface area contributed by atoms with E-state index in [0.29, 0.717) is 13.0 Å². The molecule has 0 aromatic rings. The van der Waals surface area contributed by atoms with Crippen LogP contribution in [0.25, 0.3) is 0 Å². The third-order valence-corrected chi connectivity index (χ3v) is 1.35. The van der Waals surface area contributed by atoms with Crippen LogP contribution in [0.15, 0.2) is 0 Å². The van der Waals surface area contributed by atoms with E-state index in [4.69, 9.17) is 4.74 Å². The van der Waals surface area contributed by atoms with Crippen LogP contribution >= 0.6 is 0 Å². The van der Waals surface area contributed by atoms with Crippen LogP contribution in [-0.4, -0.2) is 12.6 Å². The molecule has 0 aromatic heterocycles. The van der Waals surface area contributed by atoms with Gasteiger partial charge >= 0.3 is 5.97 Å². The Kier molecular flexibility index (Phi) is 7.21. The zero-order chi connectivity index (χ0) is 8.53. The van der Waals surface area contributed by atoms with Gasteiger partial charge in [0, 0.05) is 6.42 Å². The van der Waals surface area contributed by atoms with Crippen molar-refractivity contribution in [3.8, 4) is 0 Å². The van der Waals surface area contributed by atoms with Crippen LogP contribution in [0.4, 0.5) is 0 Å². The first-order valence-electron chi connectivity index (χ1n) is 4.28. The van der Waals surface area contributed by atoms with Crippen LogP contribution in [0, 0.1) is 6.42 Å². The number of hydrogen-bond donors (Lipinski definition) is 0. The summed E-state index contributed by atoms with van der Waals surface area (Å²) < 4.78 is 4.76. The molecule has 0 atom stereocenters. The lowest BCUT2D eigenvalue weighted by Gasteiger charge is -1.99. The van der Waals surface area contributed by atoms with E-state index in [1.54, 1.807) is 0 Å². The van der Waals surface area contributed by atoms with Crippen LogP contribution in [0.3, 0.4) is 0 Å². The molecule has 65 valence electrons. The number of rotatable bonds is 6. The van der Waals surface area contributed by atoms with E-state index < -0.39 is 0 Å². The summed E-state index contributed by atoms with van der Waals surface area (Å²) in [5.41, 5.74) is 0. The Morgan fingerprint density at radius 3 is 2.64 bits per heavy atom. The predicted octanol–water partition coefficient (Wildman–Crippen LogP) is 2.33. The van der Waals surface area contributed by atoms with Crippen LogP contribution in [0.1, 0.15) is 39.5 Å². The quantitative estimate of drug-likeness (QED) is 0.437. The minimum atomic E-state index is -0.0835. The van der Waals surface area contributed by atoms with Gasteiger partial charge < -0.3 is 4.74 Å². The molecule has 0 heterocycles. The van der Waals surface area contributed by atoms with E-state index in [-0.39, 0.29) is 5.97 Å². The summed E-state index contributed by atoms with van der Waals surface area (Å²) in [5.74, 6) is -0.0835. The zero-order valence-electron chi connectivity index (χ0n) is 7.43. The molecule has 0 aliphatic carbocycles. The Labute approximate surface area is 68.9 Å². The Bertz CT molecular complexity index is 99.7. The number of carbonyl (C=O) groups is 1. The molecular weight excluding hydrogens is 140 g/mol. The third-order valence-electron chi connectivity index (χ3n) is 1.35. The fourth-order valence-electron chi connectivity index (χ4n) is 0.802. The van der Waals surface area contributed by atoms with Crippen molar-refractivity contribution >= 4 is 5.97 Å². The maximum absolute atomic E-state index is 10.8. The minimum absolute atomic E-state index is 0.0835. The predicted molar refractivity (Wildman–Crippen MR) is 45.1 cm³/mol. The lowest BCUT2D eigenvalue weighted by molar-refractivity contribution is -0.143. The van der Waals surface area contributed by atoms with Gasteiger partial charge in [-0.3, -0.25) is 4.79 Å². The number of esters is 1. The summed E-state index contributed by atoms with van der Waals surface area (Å²) in [5, 5.41) is 0. The number of unbranched alkanes of at least 4 members (excludes halogenated alkanes) is 3. The molecule has 0 amide bonds. The third kappa shape index (κ3) is 7.37. The zero-order valence-corrected chi connectivity index (χ0v) is 7.43. The molecule has 0 bridgehead atoms. The fourth-order valence-corrected chi connectivity index (χ4v) is 0.802. The molecule has 0 unspecified atom stereocenters. The van der Waals surface area contributed by atoms with Crippen molar-refractivity contribution in [1.82, 2.24) is 0 Å². The monoisotopic (exact) mass is 157 g/mol. The Morgan fingerprint density at radius 2 is 2.09 bits per heavy atom. The van der Waals surface area contributed by atoms with Crippen molar-refractivity contribution in [2.24, 2.45) is 0 Å². The highest BCUT2D eigenvalue weighted by Crippen LogP contribution is 2.01. The standard InChI is InChI=1S/C9H17O2/c1-3-5-6-7-8-9(10)11-4-2/h6H,3-5,7-8H2,1-2H3. The first-order valence-corrected chi connectivity index (χ1v) is 4.28. The summed E-state index contributed by atoms with van der Waals surface area (Å²) in [7, 11) is 0. The van der Waals surface area contributed by atoms with E-state index in [9.17, 15) is 4.79 Å². The highest BCUT2D eigenvalue weighted by atomic mass is 16.5. The number of ether oxygens (including phenoxy) is 1. The van der Waals surface area contributed by atoms with E-state index in [1.165, 1.54) is 0 Å². The fraction of sp³-hybridized carbons (Fsp3) is 0.778. The lowest BCUT2D eigenvalue weighted by Crippen LogP contribution is -2.03. The maximum atomic E-state index is 10.8. The molecular formula is C9H17O2. The van der Waals surface area contributed by atoms with E-state index >= 15 is 0 Å². The lowest BCUT2D eigenvalue weighted by atomic mass is 10.2. The van der Waals surface area contributed by atoms with Crippen molar-refractivity contribution in [1.29, 1.82) is 0 Å². The van der Waals surface area contributed by atoms with E-state index in [1.807, 2.05) is 6.92 Å². The largest absolute Gasteiger partial charge is 0.466 e. The molecule has 11 heavy (non-hydrogen) atoms. The van der Waals surface area contributed by atoms with Gasteiger partial charge in [0.05, 0.1) is 6.61 Å². The van der Waals surface area contributed by atoms with Crippen LogP contribution in [0.5, 0.6) is 0 Å². The molecule has 0 aliphatic rings. The van der Waals surface area contributed by atoms with Gasteiger partial charge in [0.25, 0.3) is 0 Å². The first-order chi connectivity index (χ1) is 5.31. The molecule has 1 radical (unpaired) electrons. The smallest absolute Gasteiger partial charge is 0.305 e. The normalized spacial score (nSPS) is 9.64. The van der Waals surface area contributed by atoms with Gasteiger partial charge in [-0.1, -0.05) is 19.8 Å². The van der Waals surface area contributed by atoms with Gasteiger partial charge in [0.1, 0.15) is 0 Å². The molecule has 0 aromatic carbocycles. The summed E-state index contributed by atoms with van der Waals surface area (Å²) >= 11 is 0. The average molecular weight is 157 g/mol. The highest BCUT2D eigenvalue weighted by molar-refractivity contribution is 5.69. The molecule has 0 fully saturated rings. The van der Waals surface area contributed by atoms with Gasteiger partial charge in [-0.15, -0.1) is 0 Å². The van der Waals surface area contributed by atoms with Crippen molar-refractivity contribution in [3.63, 3.8) is 0 Å². The van der Waals surface area contributed by atoms with Gasteiger partial charge in [-0.2, -0.15) is 0 Å². The summed E-state index contributed by atoms with van der Waals surface area (Å²) in [6, 6.07) is 0. The second-order valence-electron chi connectivity index (χ2n) is 2.42. The summed E-state index contributed by atoms with van der Waals surface area (Å²) in [6.45, 7) is 4.45. The van der Waals surface area contributed by atoms with Crippen molar-refractivity contribution in [2.45, 2.75) is 39.5 Å². The SMILES string of the molecule is CCC[CH]CCC(=O)OCC. The van der Waals surface area contributed by atoms with Crippen LogP contribution in [0.2, 0.25) is 0 Å². The highest BCUT2D eigenvalue weighted by Gasteiger charge is 1.99. The van der Waals surface area contributed by atoms with Gasteiger partial charge in [0.2, 0.25) is 0 Å². The maximum Gasteiger partial charge on any atom is 0.305 e. The van der Waals surface area contributed by atoms with E-state index in [2.05, 4.69) is 13.3 Å². The van der Waals surface area contributed by atoms with Crippen LogP contribution in [-0.2, 0) is 9.53 Å². The van der Waals surface area contributed by atoms with Gasteiger partial charge in [-0.25, -0.2) is 0 Å². The molecule has 0 saturated carbocycles. The topological polar surface area (TPSA) is 26.3 Å². The van der Waals surface area contributed by atoms with Crippen molar-refractivity contribution in [3.05, 3.63) is 6.42 Å². The Morgan fingerprint density at radius 1 is 1.36 bits per heavy atom. The molecule has 0 spiro atoms. The Balaban J connectivity index is 3.04. The summed E-state index contributed by atoms with van der Waals surface area (Å²) in [6.07, 6.45) is 5.78. The molecule has 0 rings (SSSR count). The molecule has 0 N–H and O–H groups in total. The molecule has 0 aliphatic heterocycles. The second kappa shape index (κ2) is 7.58. The van der Waals surface area contributed by atoms with Crippen molar-refractivity contribution in [2.75, 3.05) is 6.61 Å². The molecule has 2 heteroatoms. The van der Waals surface area contributed by atoms with Crippen LogP contribution < -0.4 is 0 Å². The van der Waals surface area contributed by atoms with Gasteiger partial charge in [0.15, 0.2) is 0 Å². The second-order valence-corrected chi connectivity index (χ2v) is 2.42. The van der Waals surface area contributed by atoms with Gasteiger partial charge in [-0.05, 0) is 19.8 Å². The van der Waals surface area contributed by atoms with E-state index in [0.717, 1.165) is 19.3 Å². The van der Waals surface area contributed by atoms with Crippen molar-refractivity contribution < 1.29 is 9.53 Å². The molecule has 0 saturated heterocycles. The minimum Gasteiger partial charge on any atom is -0.466 e. The molecule has 2 nitrogen and oxygen atoms in total.